The van der Waals surface area contributed by atoms with Gasteiger partial charge < -0.3 is 10.6 Å². The number of carbonyl (C=O) groups excluding carboxylic acids is 2. The quantitative estimate of drug-likeness (QED) is 0.463. The topological polar surface area (TPSA) is 104 Å². The van der Waals surface area contributed by atoms with Crippen LogP contribution in [0.3, 0.4) is 0 Å². The second-order valence-electron chi connectivity index (χ2n) is 7.69. The monoisotopic (exact) mass is 469 g/mol. The van der Waals surface area contributed by atoms with Gasteiger partial charge in [-0.1, -0.05) is 32.0 Å². The van der Waals surface area contributed by atoms with Gasteiger partial charge in [0.25, 0.3) is 15.9 Å². The number of hydrogen-bond acceptors (Lipinski definition) is 4. The van der Waals surface area contributed by atoms with Crippen molar-refractivity contribution in [2.24, 2.45) is 5.92 Å². The van der Waals surface area contributed by atoms with Crippen molar-refractivity contribution in [1.29, 1.82) is 0 Å². The van der Waals surface area contributed by atoms with Crippen LogP contribution < -0.4 is 15.4 Å². The van der Waals surface area contributed by atoms with Crippen LogP contribution >= 0.6 is 0 Å². The Kier molecular flexibility index (Phi) is 7.44. The fourth-order valence-electron chi connectivity index (χ4n) is 3.02. The highest BCUT2D eigenvalue weighted by Crippen LogP contribution is 2.19. The smallest absolute Gasteiger partial charge is 0.261 e. The number of carbonyl (C=O) groups is 2. The van der Waals surface area contributed by atoms with Crippen LogP contribution in [0, 0.1) is 11.7 Å². The number of anilines is 2. The molecule has 0 radical (unpaired) electrons. The van der Waals surface area contributed by atoms with Crippen molar-refractivity contribution in [3.8, 4) is 0 Å². The third-order valence-electron chi connectivity index (χ3n) is 4.80. The van der Waals surface area contributed by atoms with E-state index in [1.165, 1.54) is 48.5 Å². The molecule has 3 aromatic carbocycles. The molecule has 0 aromatic heterocycles. The van der Waals surface area contributed by atoms with Crippen LogP contribution in [0.15, 0.2) is 83.8 Å². The van der Waals surface area contributed by atoms with Crippen LogP contribution in [0.1, 0.15) is 24.2 Å². The Morgan fingerprint density at radius 3 is 2.00 bits per heavy atom. The van der Waals surface area contributed by atoms with Gasteiger partial charge >= 0.3 is 0 Å². The van der Waals surface area contributed by atoms with Crippen molar-refractivity contribution < 1.29 is 22.4 Å². The van der Waals surface area contributed by atoms with E-state index in [4.69, 9.17) is 0 Å². The van der Waals surface area contributed by atoms with Crippen LogP contribution in [0.4, 0.5) is 15.8 Å². The van der Waals surface area contributed by atoms with Gasteiger partial charge in [-0.25, -0.2) is 12.8 Å². The molecule has 0 saturated heterocycles. The average Bonchev–Trinajstić information content (AvgIpc) is 2.78. The Balaban J connectivity index is 1.67. The zero-order chi connectivity index (χ0) is 24.0. The van der Waals surface area contributed by atoms with E-state index < -0.39 is 33.7 Å². The van der Waals surface area contributed by atoms with Crippen molar-refractivity contribution in [3.63, 3.8) is 0 Å². The van der Waals surface area contributed by atoms with Crippen molar-refractivity contribution in [1.82, 2.24) is 5.32 Å². The molecule has 7 nitrogen and oxygen atoms in total. The lowest BCUT2D eigenvalue weighted by atomic mass is 10.0. The molecule has 3 aromatic rings. The molecule has 3 rings (SSSR count). The molecule has 2 amide bonds. The Morgan fingerprint density at radius 1 is 0.818 bits per heavy atom. The minimum atomic E-state index is -3.78. The van der Waals surface area contributed by atoms with Gasteiger partial charge in [-0.15, -0.1) is 0 Å². The summed E-state index contributed by atoms with van der Waals surface area (Å²) in [5, 5.41) is 5.34. The molecule has 0 aliphatic heterocycles. The van der Waals surface area contributed by atoms with Crippen molar-refractivity contribution in [2.75, 3.05) is 10.0 Å². The highest BCUT2D eigenvalue weighted by atomic mass is 32.2. The molecule has 3 N–H and O–H groups in total. The predicted octanol–water partition coefficient (Wildman–Crippen LogP) is 4.02. The summed E-state index contributed by atoms with van der Waals surface area (Å²) in [6.07, 6.45) is 0. The molecule has 0 saturated carbocycles. The molecule has 0 aliphatic rings. The molecule has 1 unspecified atom stereocenters. The largest absolute Gasteiger partial charge is 0.340 e. The normalized spacial score (nSPS) is 12.1. The highest BCUT2D eigenvalue weighted by Gasteiger charge is 2.25. The number of halogens is 1. The first-order chi connectivity index (χ1) is 15.7. The molecule has 0 heterocycles. The maximum absolute atomic E-state index is 13.1. The molecule has 0 fully saturated rings. The van der Waals surface area contributed by atoms with E-state index in [0.717, 1.165) is 0 Å². The first kappa shape index (κ1) is 23.9. The Morgan fingerprint density at radius 2 is 1.42 bits per heavy atom. The van der Waals surface area contributed by atoms with Crippen molar-refractivity contribution in [2.45, 2.75) is 24.8 Å². The van der Waals surface area contributed by atoms with Gasteiger partial charge in [0.15, 0.2) is 0 Å². The zero-order valence-electron chi connectivity index (χ0n) is 18.1. The number of rotatable bonds is 8. The lowest BCUT2D eigenvalue weighted by molar-refractivity contribution is -0.118. The lowest BCUT2D eigenvalue weighted by Gasteiger charge is -2.22. The third kappa shape index (κ3) is 6.39. The summed E-state index contributed by atoms with van der Waals surface area (Å²) in [6, 6.07) is 18.3. The number of hydrogen-bond donors (Lipinski definition) is 3. The summed E-state index contributed by atoms with van der Waals surface area (Å²) in [4.78, 5) is 25.3. The molecule has 0 spiro atoms. The van der Waals surface area contributed by atoms with E-state index in [0.29, 0.717) is 11.4 Å². The summed E-state index contributed by atoms with van der Waals surface area (Å²) in [5.41, 5.74) is 1.04. The fourth-order valence-corrected chi connectivity index (χ4v) is 4.08. The lowest BCUT2D eigenvalue weighted by Crippen LogP contribution is -2.47. The Hall–Kier alpha value is -3.72. The molecule has 33 heavy (non-hydrogen) atoms. The number of nitrogens with one attached hydrogen (secondary N) is 3. The zero-order valence-corrected chi connectivity index (χ0v) is 18.9. The summed E-state index contributed by atoms with van der Waals surface area (Å²) in [6.45, 7) is 3.56. The summed E-state index contributed by atoms with van der Waals surface area (Å²) < 4.78 is 40.6. The van der Waals surface area contributed by atoms with E-state index >= 15 is 0 Å². The van der Waals surface area contributed by atoms with Crippen LogP contribution in [0.2, 0.25) is 0 Å². The van der Waals surface area contributed by atoms with Gasteiger partial charge in [0, 0.05) is 16.9 Å². The summed E-state index contributed by atoms with van der Waals surface area (Å²) in [5.74, 6) is -1.66. The van der Waals surface area contributed by atoms with E-state index in [9.17, 15) is 22.4 Å². The maximum atomic E-state index is 13.1. The van der Waals surface area contributed by atoms with Crippen LogP contribution in [-0.2, 0) is 14.8 Å². The van der Waals surface area contributed by atoms with Crippen LogP contribution in [0.5, 0.6) is 0 Å². The van der Waals surface area contributed by atoms with E-state index in [1.807, 2.05) is 0 Å². The fraction of sp³-hybridized carbons (Fsp3) is 0.167. The first-order valence-electron chi connectivity index (χ1n) is 10.2. The van der Waals surface area contributed by atoms with Gasteiger partial charge in [-0.05, 0) is 66.6 Å². The molecular weight excluding hydrogens is 445 g/mol. The minimum Gasteiger partial charge on any atom is -0.340 e. The minimum absolute atomic E-state index is 0.0365. The Bertz CT molecular complexity index is 1210. The van der Waals surface area contributed by atoms with Gasteiger partial charge in [0.2, 0.25) is 5.91 Å². The van der Waals surface area contributed by atoms with Gasteiger partial charge in [-0.2, -0.15) is 0 Å². The SMILES string of the molecule is CC(C)C(NC(=O)c1ccc(F)cc1)C(=O)Nc1ccc(S(=O)(=O)Nc2ccccc2)cc1. The second-order valence-corrected chi connectivity index (χ2v) is 9.37. The van der Waals surface area contributed by atoms with Crippen LogP contribution in [0.25, 0.3) is 0 Å². The average molecular weight is 470 g/mol. The molecule has 0 bridgehead atoms. The Labute approximate surface area is 192 Å². The van der Waals surface area contributed by atoms with E-state index in [2.05, 4.69) is 15.4 Å². The summed E-state index contributed by atoms with van der Waals surface area (Å²) in [7, 11) is -3.78. The number of para-hydroxylation sites is 1. The maximum Gasteiger partial charge on any atom is 0.261 e. The number of amides is 2. The summed E-state index contributed by atoms with van der Waals surface area (Å²) >= 11 is 0. The third-order valence-corrected chi connectivity index (χ3v) is 6.20. The number of benzene rings is 3. The number of sulfonamides is 1. The molecule has 0 aliphatic carbocycles. The second kappa shape index (κ2) is 10.3. The van der Waals surface area contributed by atoms with Crippen molar-refractivity contribution >= 4 is 33.2 Å². The first-order valence-corrected chi connectivity index (χ1v) is 11.7. The molecule has 9 heteroatoms. The molecule has 1 atom stereocenters. The molecule has 172 valence electrons. The van der Waals surface area contributed by atoms with Gasteiger partial charge in [0.05, 0.1) is 4.90 Å². The predicted molar refractivity (Wildman–Crippen MR) is 125 cm³/mol. The van der Waals surface area contributed by atoms with Gasteiger partial charge in [0.1, 0.15) is 11.9 Å². The standard InChI is InChI=1S/C24H24FN3O4S/c1-16(2)22(27-23(29)17-8-10-18(25)11-9-17)24(30)26-19-12-14-21(15-13-19)33(31,32)28-20-6-4-3-5-7-20/h3-16,22,28H,1-2H3,(H,26,30)(H,27,29). The highest BCUT2D eigenvalue weighted by molar-refractivity contribution is 7.92. The van der Waals surface area contributed by atoms with Crippen LogP contribution in [-0.4, -0.2) is 26.3 Å². The van der Waals surface area contributed by atoms with Gasteiger partial charge in [-0.3, -0.25) is 14.3 Å². The van der Waals surface area contributed by atoms with Crippen molar-refractivity contribution in [3.05, 3.63) is 90.2 Å². The van der Waals surface area contributed by atoms with E-state index in [-0.39, 0.29) is 16.4 Å². The molecular formula is C24H24FN3O4S. The van der Waals surface area contributed by atoms with E-state index in [1.54, 1.807) is 44.2 Å².